The zero-order valence-electron chi connectivity index (χ0n) is 14.7. The van der Waals surface area contributed by atoms with Crippen molar-refractivity contribution in [1.29, 1.82) is 0 Å². The Bertz CT molecular complexity index is 176. The molecule has 0 spiro atoms. The maximum Gasteiger partial charge on any atom is 3.00 e. The average molecular weight is 436 g/mol. The van der Waals surface area contributed by atoms with Crippen LogP contribution in [0, 0.1) is 0 Å². The summed E-state index contributed by atoms with van der Waals surface area (Å²) in [5, 5.41) is 0. The third-order valence-electron chi connectivity index (χ3n) is 2.93. The SMILES string of the molecule is CCCCCCCC[Si](OCC)(OCC)OCC.[Fe+3].[Fe+3].[O-2].[O-2].[O-2]. The van der Waals surface area contributed by atoms with E-state index < -0.39 is 8.80 Å². The largest absolute Gasteiger partial charge is 3.00 e. The van der Waals surface area contributed by atoms with Gasteiger partial charge in [0.15, 0.2) is 0 Å². The van der Waals surface area contributed by atoms with Crippen LogP contribution >= 0.6 is 0 Å². The predicted molar refractivity (Wildman–Crippen MR) is 80.9 cm³/mol. The van der Waals surface area contributed by atoms with Gasteiger partial charge in [-0.2, -0.15) is 0 Å². The quantitative estimate of drug-likeness (QED) is 0.321. The zero-order valence-corrected chi connectivity index (χ0v) is 17.9. The van der Waals surface area contributed by atoms with E-state index in [2.05, 4.69) is 6.92 Å². The van der Waals surface area contributed by atoms with E-state index in [0.29, 0.717) is 19.8 Å². The fraction of sp³-hybridized carbons (Fsp3) is 1.00. The van der Waals surface area contributed by atoms with Gasteiger partial charge in [0, 0.05) is 25.9 Å². The maximum atomic E-state index is 5.83. The molecule has 0 heterocycles. The molecule has 0 rings (SSSR count). The van der Waals surface area contributed by atoms with Gasteiger partial charge in [-0.05, 0) is 27.2 Å². The summed E-state index contributed by atoms with van der Waals surface area (Å²) in [7, 11) is -2.36. The summed E-state index contributed by atoms with van der Waals surface area (Å²) in [6.45, 7) is 10.3. The number of hydrogen-bond donors (Lipinski definition) is 0. The molecule has 0 aliphatic carbocycles. The van der Waals surface area contributed by atoms with Crippen molar-refractivity contribution in [3.63, 3.8) is 0 Å². The van der Waals surface area contributed by atoms with Crippen LogP contribution in [-0.2, 0) is 63.8 Å². The van der Waals surface area contributed by atoms with Gasteiger partial charge in [-0.1, -0.05) is 39.0 Å². The van der Waals surface area contributed by atoms with Crippen LogP contribution in [0.15, 0.2) is 0 Å². The molecule has 2 radical (unpaired) electrons. The molecule has 0 aromatic rings. The minimum atomic E-state index is -2.36. The van der Waals surface area contributed by atoms with Crippen molar-refractivity contribution >= 4 is 8.80 Å². The predicted octanol–water partition coefficient (Wildman–Crippen LogP) is 4.03. The monoisotopic (exact) mass is 436 g/mol. The van der Waals surface area contributed by atoms with Gasteiger partial charge in [-0.15, -0.1) is 0 Å². The van der Waals surface area contributed by atoms with Gasteiger partial charge >= 0.3 is 42.9 Å². The summed E-state index contributed by atoms with van der Waals surface area (Å²) in [6, 6.07) is 0.967. The van der Waals surface area contributed by atoms with Crippen LogP contribution in [0.2, 0.25) is 6.04 Å². The summed E-state index contributed by atoms with van der Waals surface area (Å²) in [4.78, 5) is 0. The van der Waals surface area contributed by atoms with E-state index in [1.54, 1.807) is 0 Å². The molecule has 0 unspecified atom stereocenters. The van der Waals surface area contributed by atoms with E-state index in [0.717, 1.165) is 12.5 Å². The van der Waals surface area contributed by atoms with Crippen LogP contribution in [-0.4, -0.2) is 28.6 Å². The van der Waals surface area contributed by atoms with Crippen molar-refractivity contribution in [1.82, 2.24) is 0 Å². The fourth-order valence-corrected chi connectivity index (χ4v) is 4.81. The molecule has 0 aromatic carbocycles. The third-order valence-corrected chi connectivity index (χ3v) is 6.08. The Labute approximate surface area is 164 Å². The third kappa shape index (κ3) is 21.0. The minimum absolute atomic E-state index is 0. The van der Waals surface area contributed by atoms with Gasteiger partial charge in [0.1, 0.15) is 0 Å². The van der Waals surface area contributed by atoms with Gasteiger partial charge < -0.3 is 29.7 Å². The molecule has 0 N–H and O–H groups in total. The molecule has 23 heavy (non-hydrogen) atoms. The second-order valence-electron chi connectivity index (χ2n) is 4.50. The van der Waals surface area contributed by atoms with Gasteiger partial charge in [-0.3, -0.25) is 0 Å². The molecule has 6 nitrogen and oxygen atoms in total. The topological polar surface area (TPSA) is 113 Å². The Morgan fingerprint density at radius 2 is 0.913 bits per heavy atom. The van der Waals surface area contributed by atoms with Crippen LogP contribution in [0.5, 0.6) is 0 Å². The molecule has 144 valence electrons. The minimum Gasteiger partial charge on any atom is -2.00 e. The Hall–Kier alpha value is 1.02. The number of hydrogen-bond acceptors (Lipinski definition) is 3. The fourth-order valence-electron chi connectivity index (χ4n) is 2.12. The second kappa shape index (κ2) is 27.8. The smallest absolute Gasteiger partial charge is 2.00 e. The maximum absolute atomic E-state index is 5.83. The first-order valence-corrected chi connectivity index (χ1v) is 9.59. The van der Waals surface area contributed by atoms with E-state index in [1.807, 2.05) is 20.8 Å². The molecule has 0 aromatic heterocycles. The first kappa shape index (κ1) is 39.2. The zero-order chi connectivity index (χ0) is 13.7. The average Bonchev–Trinajstić information content (AvgIpc) is 2.35. The molecule has 0 atom stereocenters. The molecular weight excluding hydrogens is 404 g/mol. The van der Waals surface area contributed by atoms with Crippen LogP contribution in [0.1, 0.15) is 66.2 Å². The van der Waals surface area contributed by atoms with E-state index in [4.69, 9.17) is 13.3 Å². The van der Waals surface area contributed by atoms with Crippen LogP contribution < -0.4 is 0 Å². The molecule has 0 saturated heterocycles. The van der Waals surface area contributed by atoms with Gasteiger partial charge in [0.2, 0.25) is 0 Å². The molecule has 0 aliphatic heterocycles. The standard InChI is InChI=1S/C14H32O3Si.2Fe.3O/c1-5-9-10-11-12-13-14-18(15-6-2,16-7-3)17-8-4;;;;;/h5-14H2,1-4H3;;;;;/q;2*+3;3*-2. The Balaban J connectivity index is -0.000000144. The van der Waals surface area contributed by atoms with Crippen molar-refractivity contribution in [2.45, 2.75) is 72.3 Å². The van der Waals surface area contributed by atoms with Crippen molar-refractivity contribution in [2.24, 2.45) is 0 Å². The van der Waals surface area contributed by atoms with E-state index >= 15 is 0 Å². The molecule has 0 aliphatic rings. The molecule has 0 saturated carbocycles. The number of rotatable bonds is 13. The first-order valence-electron chi connectivity index (χ1n) is 7.66. The number of unbranched alkanes of at least 4 members (excludes halogenated alkanes) is 5. The van der Waals surface area contributed by atoms with Gasteiger partial charge in [-0.25, -0.2) is 0 Å². The van der Waals surface area contributed by atoms with Gasteiger partial charge in [0.05, 0.1) is 0 Å². The molecule has 0 fully saturated rings. The van der Waals surface area contributed by atoms with E-state index in [9.17, 15) is 0 Å². The summed E-state index contributed by atoms with van der Waals surface area (Å²) >= 11 is 0. The summed E-state index contributed by atoms with van der Waals surface area (Å²) in [6.07, 6.45) is 7.75. The van der Waals surface area contributed by atoms with Crippen molar-refractivity contribution in [3.8, 4) is 0 Å². The van der Waals surface area contributed by atoms with E-state index in [1.165, 1.54) is 32.1 Å². The van der Waals surface area contributed by atoms with Crippen LogP contribution in [0.3, 0.4) is 0 Å². The molecule has 0 bridgehead atoms. The van der Waals surface area contributed by atoms with Crippen molar-refractivity contribution in [2.75, 3.05) is 19.8 Å². The Morgan fingerprint density at radius 1 is 0.565 bits per heavy atom. The summed E-state index contributed by atoms with van der Waals surface area (Å²) in [5.74, 6) is 0. The first-order chi connectivity index (χ1) is 8.74. The summed E-state index contributed by atoms with van der Waals surface area (Å²) in [5.41, 5.74) is 0. The normalized spacial score (nSPS) is 9.39. The molecular formula is C14H32Fe2O6Si. The van der Waals surface area contributed by atoms with Crippen molar-refractivity contribution in [3.05, 3.63) is 0 Å². The molecule has 9 heteroatoms. The van der Waals surface area contributed by atoms with Crippen LogP contribution in [0.25, 0.3) is 0 Å². The van der Waals surface area contributed by atoms with Crippen molar-refractivity contribution < 1.29 is 63.8 Å². The Morgan fingerprint density at radius 3 is 1.26 bits per heavy atom. The Kier molecular flexibility index (Phi) is 47.5. The van der Waals surface area contributed by atoms with Gasteiger partial charge in [0.25, 0.3) is 0 Å². The molecule has 0 amide bonds. The second-order valence-corrected chi connectivity index (χ2v) is 7.23. The summed E-state index contributed by atoms with van der Waals surface area (Å²) < 4.78 is 17.5. The van der Waals surface area contributed by atoms with Crippen LogP contribution in [0.4, 0.5) is 0 Å². The van der Waals surface area contributed by atoms with E-state index in [-0.39, 0.29) is 50.6 Å².